The standard InChI is InChI=1S/C25H28F3NO5S/c1-3-17(4-2)13-18-11-12-23-22(14-18)29(16-20(34-23)8-6-10-24(30)31)35(32,33)21-9-5-7-19(15-21)25(26,27)28/h5,7,9,11-15,20H,3-4,6,8,10,16H2,1-2H3,(H,30,31)/t20-/m0/s1. The SMILES string of the molecule is CCC(=Cc1ccc2c(c1)N(S(=O)(=O)c1cccc(C(F)(F)F)c1)C[C@H](CCCC(=O)O)O2)CC. The van der Waals surface area contributed by atoms with Gasteiger partial charge in [0.1, 0.15) is 11.9 Å². The molecule has 0 amide bonds. The van der Waals surface area contributed by atoms with Crippen LogP contribution in [-0.4, -0.2) is 32.1 Å². The molecule has 0 spiro atoms. The van der Waals surface area contributed by atoms with Gasteiger partial charge >= 0.3 is 12.1 Å². The van der Waals surface area contributed by atoms with Gasteiger partial charge in [0.15, 0.2) is 0 Å². The van der Waals surface area contributed by atoms with E-state index in [-0.39, 0.29) is 37.2 Å². The van der Waals surface area contributed by atoms with Crippen LogP contribution in [0.2, 0.25) is 0 Å². The fourth-order valence-corrected chi connectivity index (χ4v) is 5.47. The van der Waals surface area contributed by atoms with Crippen molar-refractivity contribution in [3.05, 3.63) is 59.2 Å². The van der Waals surface area contributed by atoms with Gasteiger partial charge in [-0.3, -0.25) is 9.10 Å². The molecule has 2 aromatic carbocycles. The molecule has 3 rings (SSSR count). The maximum Gasteiger partial charge on any atom is 0.416 e. The zero-order valence-corrected chi connectivity index (χ0v) is 20.3. The van der Waals surface area contributed by atoms with E-state index >= 15 is 0 Å². The quantitative estimate of drug-likeness (QED) is 0.439. The average Bonchev–Trinajstić information content (AvgIpc) is 2.81. The molecule has 0 fully saturated rings. The minimum atomic E-state index is -4.69. The lowest BCUT2D eigenvalue weighted by Gasteiger charge is -2.36. The number of rotatable bonds is 9. The highest BCUT2D eigenvalue weighted by molar-refractivity contribution is 7.92. The van der Waals surface area contributed by atoms with Gasteiger partial charge in [-0.25, -0.2) is 8.42 Å². The van der Waals surface area contributed by atoms with Crippen molar-refractivity contribution in [1.82, 2.24) is 0 Å². The number of hydrogen-bond donors (Lipinski definition) is 1. The van der Waals surface area contributed by atoms with E-state index in [0.717, 1.165) is 46.5 Å². The summed E-state index contributed by atoms with van der Waals surface area (Å²) < 4.78 is 74.0. The zero-order valence-electron chi connectivity index (χ0n) is 19.5. The smallest absolute Gasteiger partial charge is 0.416 e. The third kappa shape index (κ3) is 6.36. The highest BCUT2D eigenvalue weighted by Crippen LogP contribution is 2.40. The van der Waals surface area contributed by atoms with Crippen molar-refractivity contribution in [2.75, 3.05) is 10.8 Å². The number of aliphatic carboxylic acids is 1. The Balaban J connectivity index is 2.06. The van der Waals surface area contributed by atoms with Crippen LogP contribution < -0.4 is 9.04 Å². The molecule has 2 aromatic rings. The number of anilines is 1. The number of ether oxygens (including phenoxy) is 1. The first-order chi connectivity index (χ1) is 16.5. The Bertz CT molecular complexity index is 1200. The predicted octanol–water partition coefficient (Wildman–Crippen LogP) is 6.12. The van der Waals surface area contributed by atoms with E-state index < -0.39 is 38.7 Å². The zero-order chi connectivity index (χ0) is 25.8. The maximum atomic E-state index is 13.6. The van der Waals surface area contributed by atoms with E-state index in [1.807, 2.05) is 19.9 Å². The second-order valence-corrected chi connectivity index (χ2v) is 10.2. The van der Waals surface area contributed by atoms with Crippen LogP contribution in [0.25, 0.3) is 6.08 Å². The summed E-state index contributed by atoms with van der Waals surface area (Å²) >= 11 is 0. The van der Waals surface area contributed by atoms with Gasteiger partial charge in [-0.05, 0) is 61.6 Å². The molecular formula is C25H28F3NO5S. The van der Waals surface area contributed by atoms with Crippen LogP contribution in [0.3, 0.4) is 0 Å². The molecule has 0 aromatic heterocycles. The van der Waals surface area contributed by atoms with E-state index in [4.69, 9.17) is 9.84 Å². The van der Waals surface area contributed by atoms with Crippen LogP contribution in [-0.2, 0) is 21.0 Å². The lowest BCUT2D eigenvalue weighted by atomic mass is 10.0. The number of fused-ring (bicyclic) bond motifs is 1. The van der Waals surface area contributed by atoms with Gasteiger partial charge in [0.05, 0.1) is 22.7 Å². The van der Waals surface area contributed by atoms with E-state index in [0.29, 0.717) is 6.07 Å². The van der Waals surface area contributed by atoms with Crippen LogP contribution in [0, 0.1) is 0 Å². The van der Waals surface area contributed by atoms with E-state index in [2.05, 4.69) is 0 Å². The van der Waals surface area contributed by atoms with Gasteiger partial charge in [-0.1, -0.05) is 37.6 Å². The molecule has 6 nitrogen and oxygen atoms in total. The monoisotopic (exact) mass is 511 g/mol. The van der Waals surface area contributed by atoms with Gasteiger partial charge in [0.2, 0.25) is 0 Å². The van der Waals surface area contributed by atoms with Gasteiger partial charge in [0.25, 0.3) is 10.0 Å². The highest BCUT2D eigenvalue weighted by atomic mass is 32.2. The summed E-state index contributed by atoms with van der Waals surface area (Å²) in [6.07, 6.45) is -1.30. The van der Waals surface area contributed by atoms with Gasteiger partial charge in [-0.2, -0.15) is 13.2 Å². The number of carboxylic acid groups (broad SMARTS) is 1. The Kier molecular flexibility index (Phi) is 8.15. The Morgan fingerprint density at radius 2 is 1.89 bits per heavy atom. The van der Waals surface area contributed by atoms with Crippen LogP contribution in [0.15, 0.2) is 52.9 Å². The fourth-order valence-electron chi connectivity index (χ4n) is 3.93. The van der Waals surface area contributed by atoms with E-state index in [1.54, 1.807) is 18.2 Å². The molecule has 0 saturated carbocycles. The Hall–Kier alpha value is -3.01. The molecule has 1 N–H and O–H groups in total. The second kappa shape index (κ2) is 10.7. The number of halogens is 3. The Morgan fingerprint density at radius 1 is 1.17 bits per heavy atom. The molecular weight excluding hydrogens is 483 g/mol. The molecule has 190 valence electrons. The van der Waals surface area contributed by atoms with Crippen LogP contribution >= 0.6 is 0 Å². The number of nitrogens with zero attached hydrogens (tertiary/aromatic N) is 1. The molecule has 1 atom stereocenters. The highest BCUT2D eigenvalue weighted by Gasteiger charge is 2.37. The van der Waals surface area contributed by atoms with Crippen LogP contribution in [0.1, 0.15) is 57.1 Å². The molecule has 0 bridgehead atoms. The molecule has 0 saturated heterocycles. The summed E-state index contributed by atoms with van der Waals surface area (Å²) in [4.78, 5) is 10.4. The minimum Gasteiger partial charge on any atom is -0.486 e. The number of allylic oxidation sites excluding steroid dienone is 1. The third-order valence-corrected chi connectivity index (χ3v) is 7.64. The van der Waals surface area contributed by atoms with Crippen molar-refractivity contribution < 1.29 is 36.2 Å². The summed E-state index contributed by atoms with van der Waals surface area (Å²) in [5.74, 6) is -0.701. The van der Waals surface area contributed by atoms with Crippen molar-refractivity contribution in [3.8, 4) is 5.75 Å². The average molecular weight is 512 g/mol. The Morgan fingerprint density at radius 3 is 2.51 bits per heavy atom. The lowest BCUT2D eigenvalue weighted by molar-refractivity contribution is -0.138. The van der Waals surface area contributed by atoms with Crippen LogP contribution in [0.5, 0.6) is 5.75 Å². The first-order valence-electron chi connectivity index (χ1n) is 11.4. The lowest BCUT2D eigenvalue weighted by Crippen LogP contribution is -2.43. The third-order valence-electron chi connectivity index (χ3n) is 5.86. The van der Waals surface area contributed by atoms with Crippen molar-refractivity contribution in [1.29, 1.82) is 0 Å². The summed E-state index contributed by atoms with van der Waals surface area (Å²) in [5.41, 5.74) is 1.08. The van der Waals surface area contributed by atoms with E-state index in [9.17, 15) is 26.4 Å². The number of carboxylic acids is 1. The number of sulfonamides is 1. The number of hydrogen-bond acceptors (Lipinski definition) is 4. The molecule has 1 aliphatic rings. The van der Waals surface area contributed by atoms with Gasteiger partial charge in [-0.15, -0.1) is 0 Å². The van der Waals surface area contributed by atoms with Gasteiger partial charge < -0.3 is 9.84 Å². The number of carbonyl (C=O) groups is 1. The predicted molar refractivity (Wildman–Crippen MR) is 127 cm³/mol. The molecule has 0 radical (unpaired) electrons. The van der Waals surface area contributed by atoms with Crippen molar-refractivity contribution in [2.45, 2.75) is 63.1 Å². The summed E-state index contributed by atoms with van der Waals surface area (Å²) in [5, 5.41) is 8.92. The van der Waals surface area contributed by atoms with Crippen molar-refractivity contribution in [2.24, 2.45) is 0 Å². The normalized spacial score (nSPS) is 15.8. The number of benzene rings is 2. The molecule has 35 heavy (non-hydrogen) atoms. The first-order valence-corrected chi connectivity index (χ1v) is 12.8. The second-order valence-electron chi connectivity index (χ2n) is 8.32. The largest absolute Gasteiger partial charge is 0.486 e. The number of alkyl halides is 3. The fraction of sp³-hybridized carbons (Fsp3) is 0.400. The maximum absolute atomic E-state index is 13.6. The van der Waals surface area contributed by atoms with Crippen LogP contribution in [0.4, 0.5) is 18.9 Å². The first kappa shape index (κ1) is 26.6. The molecule has 1 heterocycles. The molecule has 1 aliphatic heterocycles. The molecule has 0 unspecified atom stereocenters. The van der Waals surface area contributed by atoms with E-state index in [1.165, 1.54) is 0 Å². The Labute approximate surface area is 203 Å². The minimum absolute atomic E-state index is 0.104. The molecule has 10 heteroatoms. The summed E-state index contributed by atoms with van der Waals surface area (Å²) in [6, 6.07) is 8.73. The summed E-state index contributed by atoms with van der Waals surface area (Å²) in [6.45, 7) is 3.89. The molecule has 0 aliphatic carbocycles. The van der Waals surface area contributed by atoms with Crippen molar-refractivity contribution >= 4 is 27.8 Å². The topological polar surface area (TPSA) is 83.9 Å². The summed E-state index contributed by atoms with van der Waals surface area (Å²) in [7, 11) is -4.37. The van der Waals surface area contributed by atoms with Crippen molar-refractivity contribution in [3.63, 3.8) is 0 Å². The van der Waals surface area contributed by atoms with Gasteiger partial charge in [0, 0.05) is 6.42 Å².